The third kappa shape index (κ3) is 3.13. The van der Waals surface area contributed by atoms with E-state index in [2.05, 4.69) is 17.1 Å². The molecule has 0 fully saturated rings. The number of para-hydroxylation sites is 1. The zero-order valence-electron chi connectivity index (χ0n) is 12.4. The van der Waals surface area contributed by atoms with E-state index in [1.807, 2.05) is 44.2 Å². The highest BCUT2D eigenvalue weighted by molar-refractivity contribution is 6.00. The second-order valence-electron chi connectivity index (χ2n) is 4.81. The minimum absolute atomic E-state index is 0.0102. The van der Waals surface area contributed by atoms with Crippen molar-refractivity contribution in [3.8, 4) is 11.6 Å². The largest absolute Gasteiger partial charge is 0.438 e. The van der Waals surface area contributed by atoms with E-state index >= 15 is 0 Å². The molecule has 0 aliphatic heterocycles. The molecule has 21 heavy (non-hydrogen) atoms. The Hall–Kier alpha value is -2.56. The quantitative estimate of drug-likeness (QED) is 0.391. The van der Waals surface area contributed by atoms with E-state index in [1.54, 1.807) is 0 Å². The van der Waals surface area contributed by atoms with Gasteiger partial charge in [0.25, 0.3) is 0 Å². The van der Waals surface area contributed by atoms with Gasteiger partial charge in [-0.15, -0.1) is 0 Å². The van der Waals surface area contributed by atoms with Gasteiger partial charge in [0.2, 0.25) is 5.88 Å². The number of rotatable bonds is 4. The summed E-state index contributed by atoms with van der Waals surface area (Å²) in [7, 11) is 0. The monoisotopic (exact) mass is 285 g/mol. The van der Waals surface area contributed by atoms with E-state index in [4.69, 9.17) is 15.7 Å². The molecule has 0 aliphatic carbocycles. The zero-order chi connectivity index (χ0) is 15.4. The zero-order valence-corrected chi connectivity index (χ0v) is 12.4. The predicted octanol–water partition coefficient (Wildman–Crippen LogP) is 3.15. The average molecular weight is 285 g/mol. The molecule has 1 heterocycles. The summed E-state index contributed by atoms with van der Waals surface area (Å²) >= 11 is 0. The molecule has 0 spiro atoms. The van der Waals surface area contributed by atoms with E-state index in [0.29, 0.717) is 11.4 Å². The highest BCUT2D eigenvalue weighted by Crippen LogP contribution is 2.29. The summed E-state index contributed by atoms with van der Waals surface area (Å²) in [4.78, 5) is 4.38. The molecular weight excluding hydrogens is 266 g/mol. The van der Waals surface area contributed by atoms with E-state index < -0.39 is 0 Å². The molecule has 1 aromatic carbocycles. The molecule has 0 aliphatic rings. The number of amidine groups is 1. The Kier molecular flexibility index (Phi) is 4.42. The molecule has 3 N–H and O–H groups in total. The highest BCUT2D eigenvalue weighted by atomic mass is 16.5. The summed E-state index contributed by atoms with van der Waals surface area (Å²) in [5.41, 5.74) is 8.99. The van der Waals surface area contributed by atoms with Gasteiger partial charge in [-0.1, -0.05) is 30.3 Å². The number of ether oxygens (including phenoxy) is 1. The first-order valence-electron chi connectivity index (χ1n) is 6.78. The molecule has 0 radical (unpaired) electrons. The lowest BCUT2D eigenvalue weighted by Gasteiger charge is -2.14. The molecule has 0 saturated heterocycles. The Morgan fingerprint density at radius 2 is 2.05 bits per heavy atom. The number of hydrogen-bond acceptors (Lipinski definition) is 4. The van der Waals surface area contributed by atoms with Gasteiger partial charge in [-0.2, -0.15) is 0 Å². The van der Waals surface area contributed by atoms with Gasteiger partial charge in [-0.25, -0.2) is 4.98 Å². The van der Waals surface area contributed by atoms with Crippen LogP contribution in [0.5, 0.6) is 11.6 Å². The van der Waals surface area contributed by atoms with Crippen LogP contribution < -0.4 is 10.5 Å². The number of benzene rings is 1. The lowest BCUT2D eigenvalue weighted by molar-refractivity contribution is 0.318. The topological polar surface area (TPSA) is 80.7 Å². The molecular formula is C16H19N3O2. The van der Waals surface area contributed by atoms with Gasteiger partial charge in [0.1, 0.15) is 5.75 Å². The van der Waals surface area contributed by atoms with Crippen molar-refractivity contribution in [2.45, 2.75) is 27.2 Å². The molecule has 2 rings (SSSR count). The first-order chi connectivity index (χ1) is 10.1. The van der Waals surface area contributed by atoms with Crippen molar-refractivity contribution in [2.24, 2.45) is 10.9 Å². The minimum atomic E-state index is -0.0102. The van der Waals surface area contributed by atoms with Crippen LogP contribution in [0.4, 0.5) is 0 Å². The number of hydrogen-bond donors (Lipinski definition) is 2. The van der Waals surface area contributed by atoms with Crippen molar-refractivity contribution in [1.29, 1.82) is 0 Å². The molecule has 2 aromatic rings. The summed E-state index contributed by atoms with van der Waals surface area (Å²) in [5.74, 6) is 1.07. The van der Waals surface area contributed by atoms with E-state index in [0.717, 1.165) is 29.0 Å². The molecule has 0 amide bonds. The van der Waals surface area contributed by atoms with Crippen molar-refractivity contribution >= 4 is 5.84 Å². The van der Waals surface area contributed by atoms with E-state index in [9.17, 15) is 0 Å². The van der Waals surface area contributed by atoms with Crippen molar-refractivity contribution in [2.75, 3.05) is 0 Å². The third-order valence-corrected chi connectivity index (χ3v) is 3.24. The van der Waals surface area contributed by atoms with Crippen LogP contribution in [0.2, 0.25) is 0 Å². The number of aromatic nitrogens is 1. The van der Waals surface area contributed by atoms with Gasteiger partial charge >= 0.3 is 0 Å². The molecule has 5 nitrogen and oxygen atoms in total. The molecule has 0 saturated carbocycles. The Morgan fingerprint density at radius 1 is 1.33 bits per heavy atom. The lowest BCUT2D eigenvalue weighted by Crippen LogP contribution is -2.17. The average Bonchev–Trinajstić information content (AvgIpc) is 2.46. The molecule has 5 heteroatoms. The van der Waals surface area contributed by atoms with Crippen LogP contribution >= 0.6 is 0 Å². The van der Waals surface area contributed by atoms with Crippen LogP contribution in [0.15, 0.2) is 35.5 Å². The SMILES string of the molecule is CCc1ccccc1Oc1nc(C)cc(C)c1/C(N)=N/O. The molecule has 0 bridgehead atoms. The summed E-state index contributed by atoms with van der Waals surface area (Å²) in [5, 5.41) is 12.0. The fourth-order valence-corrected chi connectivity index (χ4v) is 2.24. The maximum Gasteiger partial charge on any atom is 0.230 e. The van der Waals surface area contributed by atoms with Crippen molar-refractivity contribution in [3.63, 3.8) is 0 Å². The van der Waals surface area contributed by atoms with Crippen molar-refractivity contribution in [3.05, 3.63) is 52.7 Å². The summed E-state index contributed by atoms with van der Waals surface area (Å²) < 4.78 is 5.93. The number of aryl methyl sites for hydroxylation is 3. The van der Waals surface area contributed by atoms with E-state index in [-0.39, 0.29) is 5.84 Å². The summed E-state index contributed by atoms with van der Waals surface area (Å²) in [6.45, 7) is 5.81. The fourth-order valence-electron chi connectivity index (χ4n) is 2.24. The van der Waals surface area contributed by atoms with E-state index in [1.165, 1.54) is 0 Å². The molecule has 110 valence electrons. The second-order valence-corrected chi connectivity index (χ2v) is 4.81. The van der Waals surface area contributed by atoms with Crippen LogP contribution in [0, 0.1) is 13.8 Å². The minimum Gasteiger partial charge on any atom is -0.438 e. The summed E-state index contributed by atoms with van der Waals surface area (Å²) in [6.07, 6.45) is 0.847. The molecule has 1 aromatic heterocycles. The van der Waals surface area contributed by atoms with Crippen molar-refractivity contribution in [1.82, 2.24) is 4.98 Å². The lowest BCUT2D eigenvalue weighted by atomic mass is 10.1. The van der Waals surface area contributed by atoms with Gasteiger partial charge in [0.15, 0.2) is 5.84 Å². The van der Waals surface area contributed by atoms with Gasteiger partial charge in [-0.05, 0) is 43.5 Å². The molecule has 0 atom stereocenters. The molecule has 0 unspecified atom stereocenters. The number of oxime groups is 1. The number of nitrogens with zero attached hydrogens (tertiary/aromatic N) is 2. The number of pyridine rings is 1. The Labute approximate surface area is 124 Å². The second kappa shape index (κ2) is 6.26. The first-order valence-corrected chi connectivity index (χ1v) is 6.78. The number of nitrogens with two attached hydrogens (primary N) is 1. The van der Waals surface area contributed by atoms with Crippen LogP contribution in [0.25, 0.3) is 0 Å². The maximum atomic E-state index is 8.95. The fraction of sp³-hybridized carbons (Fsp3) is 0.250. The Balaban J connectivity index is 2.53. The van der Waals surface area contributed by atoms with Gasteiger partial charge in [0, 0.05) is 5.69 Å². The predicted molar refractivity (Wildman–Crippen MR) is 82.1 cm³/mol. The highest BCUT2D eigenvalue weighted by Gasteiger charge is 2.16. The van der Waals surface area contributed by atoms with Gasteiger partial charge in [0.05, 0.1) is 5.56 Å². The standard InChI is InChI=1S/C16H19N3O2/c1-4-12-7-5-6-8-13(12)21-16-14(15(17)19-20)10(2)9-11(3)18-16/h5-9,20H,4H2,1-3H3,(H2,17,19). The normalized spacial score (nSPS) is 11.5. The van der Waals surface area contributed by atoms with Crippen LogP contribution in [-0.4, -0.2) is 16.0 Å². The first kappa shape index (κ1) is 14.8. The van der Waals surface area contributed by atoms with Crippen LogP contribution in [0.1, 0.15) is 29.3 Å². The Bertz CT molecular complexity index is 681. The van der Waals surface area contributed by atoms with Crippen LogP contribution in [0.3, 0.4) is 0 Å². The maximum absolute atomic E-state index is 8.95. The van der Waals surface area contributed by atoms with Crippen LogP contribution in [-0.2, 0) is 6.42 Å². The van der Waals surface area contributed by atoms with Gasteiger partial charge in [-0.3, -0.25) is 0 Å². The van der Waals surface area contributed by atoms with Crippen molar-refractivity contribution < 1.29 is 9.94 Å². The smallest absolute Gasteiger partial charge is 0.230 e. The Morgan fingerprint density at radius 3 is 2.71 bits per heavy atom. The third-order valence-electron chi connectivity index (χ3n) is 3.24. The van der Waals surface area contributed by atoms with Gasteiger partial charge < -0.3 is 15.7 Å². The summed E-state index contributed by atoms with van der Waals surface area (Å²) in [6, 6.07) is 9.62.